The first kappa shape index (κ1) is 13.5. The standard InChI is InChI=1S/C12H24N2O2.H2/c1-10(2)12(13-11(3)15)9-14-5-4-7-16-8-6-14;/h10,12H,4-9H2,1-3H3,(H,13,15);1H/t12-;/m0./s1. The van der Waals surface area contributed by atoms with Gasteiger partial charge in [0.2, 0.25) is 5.91 Å². The molecule has 0 aromatic heterocycles. The number of rotatable bonds is 4. The van der Waals surface area contributed by atoms with E-state index in [-0.39, 0.29) is 13.4 Å². The molecule has 16 heavy (non-hydrogen) atoms. The highest BCUT2D eigenvalue weighted by molar-refractivity contribution is 5.73. The minimum absolute atomic E-state index is 0. The highest BCUT2D eigenvalue weighted by Crippen LogP contribution is 2.07. The highest BCUT2D eigenvalue weighted by Gasteiger charge is 2.19. The first-order chi connectivity index (χ1) is 7.59. The van der Waals surface area contributed by atoms with Crippen LogP contribution in [0.1, 0.15) is 28.6 Å². The number of nitrogens with zero attached hydrogens (tertiary/aromatic N) is 1. The zero-order valence-corrected chi connectivity index (χ0v) is 10.7. The van der Waals surface area contributed by atoms with Crippen LogP contribution < -0.4 is 5.32 Å². The molecule has 0 aromatic rings. The Bertz CT molecular complexity index is 217. The minimum Gasteiger partial charge on any atom is -0.380 e. The van der Waals surface area contributed by atoms with Gasteiger partial charge in [0.1, 0.15) is 0 Å². The number of carbonyl (C=O) groups excluding carboxylic acids is 1. The lowest BCUT2D eigenvalue weighted by molar-refractivity contribution is -0.120. The molecule has 1 saturated heterocycles. The zero-order chi connectivity index (χ0) is 12.0. The van der Waals surface area contributed by atoms with Crippen LogP contribution in [0.5, 0.6) is 0 Å². The van der Waals surface area contributed by atoms with Gasteiger partial charge in [0, 0.05) is 40.6 Å². The molecule has 1 heterocycles. The fraction of sp³-hybridized carbons (Fsp3) is 0.917. The number of nitrogens with one attached hydrogen (secondary N) is 1. The fourth-order valence-electron chi connectivity index (χ4n) is 1.94. The third-order valence-corrected chi connectivity index (χ3v) is 2.96. The van der Waals surface area contributed by atoms with Gasteiger partial charge in [-0.15, -0.1) is 0 Å². The maximum Gasteiger partial charge on any atom is 0.217 e. The van der Waals surface area contributed by atoms with Crippen molar-refractivity contribution < 1.29 is 11.0 Å². The van der Waals surface area contributed by atoms with E-state index in [2.05, 4.69) is 24.1 Å². The van der Waals surface area contributed by atoms with Crippen molar-refractivity contribution in [1.29, 1.82) is 0 Å². The van der Waals surface area contributed by atoms with Crippen LogP contribution in [0, 0.1) is 5.92 Å². The summed E-state index contributed by atoms with van der Waals surface area (Å²) in [5.41, 5.74) is 0. The Hall–Kier alpha value is -0.610. The molecule has 4 nitrogen and oxygen atoms in total. The third kappa shape index (κ3) is 4.94. The lowest BCUT2D eigenvalue weighted by atomic mass is 10.0. The van der Waals surface area contributed by atoms with E-state index in [0.29, 0.717) is 5.92 Å². The average molecular weight is 230 g/mol. The lowest BCUT2D eigenvalue weighted by Gasteiger charge is -2.28. The number of carbonyl (C=O) groups is 1. The molecule has 1 aliphatic heterocycles. The minimum atomic E-state index is 0. The maximum absolute atomic E-state index is 11.1. The summed E-state index contributed by atoms with van der Waals surface area (Å²) in [5.74, 6) is 0.526. The van der Waals surface area contributed by atoms with Gasteiger partial charge in [-0.1, -0.05) is 13.8 Å². The smallest absolute Gasteiger partial charge is 0.217 e. The van der Waals surface area contributed by atoms with Gasteiger partial charge in [0.05, 0.1) is 6.61 Å². The van der Waals surface area contributed by atoms with Crippen molar-refractivity contribution in [2.45, 2.75) is 33.2 Å². The molecule has 0 unspecified atom stereocenters. The van der Waals surface area contributed by atoms with Crippen LogP contribution in [0.2, 0.25) is 0 Å². The van der Waals surface area contributed by atoms with E-state index in [0.717, 1.165) is 39.3 Å². The van der Waals surface area contributed by atoms with Gasteiger partial charge in [0.15, 0.2) is 0 Å². The first-order valence-electron chi connectivity index (χ1n) is 6.17. The van der Waals surface area contributed by atoms with Crippen molar-refractivity contribution in [2.24, 2.45) is 5.92 Å². The van der Waals surface area contributed by atoms with E-state index < -0.39 is 0 Å². The van der Waals surface area contributed by atoms with Gasteiger partial charge in [-0.05, 0) is 12.3 Å². The Kier molecular flexibility index (Phi) is 5.77. The molecule has 0 aromatic carbocycles. The number of hydrogen-bond acceptors (Lipinski definition) is 3. The number of ether oxygens (including phenoxy) is 1. The van der Waals surface area contributed by atoms with Gasteiger partial charge in [-0.2, -0.15) is 0 Å². The van der Waals surface area contributed by atoms with Crippen LogP contribution in [0.3, 0.4) is 0 Å². The van der Waals surface area contributed by atoms with E-state index in [9.17, 15) is 4.79 Å². The Morgan fingerprint density at radius 3 is 2.81 bits per heavy atom. The van der Waals surface area contributed by atoms with Gasteiger partial charge >= 0.3 is 0 Å². The topological polar surface area (TPSA) is 41.6 Å². The molecule has 1 rings (SSSR count). The molecule has 1 amide bonds. The van der Waals surface area contributed by atoms with Crippen LogP contribution in [-0.4, -0.2) is 49.7 Å². The van der Waals surface area contributed by atoms with Crippen LogP contribution >= 0.6 is 0 Å². The van der Waals surface area contributed by atoms with Crippen LogP contribution in [0.15, 0.2) is 0 Å². The van der Waals surface area contributed by atoms with Crippen LogP contribution in [0.25, 0.3) is 0 Å². The largest absolute Gasteiger partial charge is 0.380 e. The van der Waals surface area contributed by atoms with Crippen molar-refractivity contribution in [3.8, 4) is 0 Å². The molecular weight excluding hydrogens is 204 g/mol. The summed E-state index contributed by atoms with van der Waals surface area (Å²) in [7, 11) is 0. The Morgan fingerprint density at radius 1 is 1.44 bits per heavy atom. The molecule has 0 bridgehead atoms. The highest BCUT2D eigenvalue weighted by atomic mass is 16.5. The summed E-state index contributed by atoms with van der Waals surface area (Å²) in [5, 5.41) is 3.03. The lowest BCUT2D eigenvalue weighted by Crippen LogP contribution is -2.46. The summed E-state index contributed by atoms with van der Waals surface area (Å²) in [6.07, 6.45) is 1.09. The van der Waals surface area contributed by atoms with Crippen molar-refractivity contribution in [2.75, 3.05) is 32.8 Å². The van der Waals surface area contributed by atoms with Gasteiger partial charge in [0.25, 0.3) is 0 Å². The molecule has 0 aliphatic carbocycles. The third-order valence-electron chi connectivity index (χ3n) is 2.96. The van der Waals surface area contributed by atoms with E-state index in [1.54, 1.807) is 6.92 Å². The molecule has 1 atom stereocenters. The summed E-state index contributed by atoms with van der Waals surface area (Å²) < 4.78 is 5.42. The average Bonchev–Trinajstić information content (AvgIpc) is 2.44. The van der Waals surface area contributed by atoms with Gasteiger partial charge < -0.3 is 10.1 Å². The van der Waals surface area contributed by atoms with Gasteiger partial charge in [-0.3, -0.25) is 9.69 Å². The Balaban J connectivity index is 0.00000256. The number of hydrogen-bond donors (Lipinski definition) is 1. The van der Waals surface area contributed by atoms with Crippen LogP contribution in [0.4, 0.5) is 0 Å². The zero-order valence-electron chi connectivity index (χ0n) is 10.7. The molecule has 0 saturated carbocycles. The predicted molar refractivity (Wildman–Crippen MR) is 66.4 cm³/mol. The van der Waals surface area contributed by atoms with Crippen molar-refractivity contribution in [1.82, 2.24) is 10.2 Å². The summed E-state index contributed by atoms with van der Waals surface area (Å²) in [4.78, 5) is 13.5. The van der Waals surface area contributed by atoms with Crippen molar-refractivity contribution >= 4 is 5.91 Å². The molecular formula is C12H26N2O2. The monoisotopic (exact) mass is 230 g/mol. The Labute approximate surface area is 99.8 Å². The van der Waals surface area contributed by atoms with Crippen LogP contribution in [-0.2, 0) is 9.53 Å². The Morgan fingerprint density at radius 2 is 2.19 bits per heavy atom. The second-order valence-electron chi connectivity index (χ2n) is 4.82. The van der Waals surface area contributed by atoms with Crippen molar-refractivity contribution in [3.63, 3.8) is 0 Å². The predicted octanol–water partition coefficient (Wildman–Crippen LogP) is 1.12. The maximum atomic E-state index is 11.1. The van der Waals surface area contributed by atoms with E-state index in [4.69, 9.17) is 4.74 Å². The first-order valence-corrected chi connectivity index (χ1v) is 6.17. The van der Waals surface area contributed by atoms with E-state index in [1.807, 2.05) is 0 Å². The normalized spacial score (nSPS) is 20.5. The SMILES string of the molecule is CC(=O)N[C@@H](CN1CCCOCC1)C(C)C.[HH]. The quantitative estimate of drug-likeness (QED) is 0.787. The van der Waals surface area contributed by atoms with E-state index in [1.165, 1.54) is 0 Å². The molecule has 1 N–H and O–H groups in total. The summed E-state index contributed by atoms with van der Waals surface area (Å²) in [6.45, 7) is 10.5. The molecule has 96 valence electrons. The second kappa shape index (κ2) is 6.86. The number of amides is 1. The molecule has 4 heteroatoms. The molecule has 1 aliphatic rings. The summed E-state index contributed by atoms with van der Waals surface area (Å²) >= 11 is 0. The molecule has 1 fully saturated rings. The van der Waals surface area contributed by atoms with Crippen molar-refractivity contribution in [3.05, 3.63) is 0 Å². The van der Waals surface area contributed by atoms with Gasteiger partial charge in [-0.25, -0.2) is 0 Å². The molecule has 0 radical (unpaired) electrons. The fourth-order valence-corrected chi connectivity index (χ4v) is 1.94. The van der Waals surface area contributed by atoms with E-state index >= 15 is 0 Å². The second-order valence-corrected chi connectivity index (χ2v) is 4.82. The molecule has 0 spiro atoms. The summed E-state index contributed by atoms with van der Waals surface area (Å²) in [6, 6.07) is 0.246.